The van der Waals surface area contributed by atoms with E-state index >= 15 is 0 Å². The van der Waals surface area contributed by atoms with E-state index in [-0.39, 0.29) is 17.9 Å². The predicted octanol–water partition coefficient (Wildman–Crippen LogP) is 3.02. The van der Waals surface area contributed by atoms with Gasteiger partial charge in [-0.2, -0.15) is 5.10 Å². The number of carbonyl (C=O) groups excluding carboxylic acids is 1. The van der Waals surface area contributed by atoms with Gasteiger partial charge in [0.05, 0.1) is 17.6 Å². The number of aryl methyl sites for hydroxylation is 1. The van der Waals surface area contributed by atoms with Crippen LogP contribution >= 0.6 is 0 Å². The largest absolute Gasteiger partial charge is 0.292 e. The lowest BCUT2D eigenvalue weighted by molar-refractivity contribution is 0.0983. The summed E-state index contributed by atoms with van der Waals surface area (Å²) in [6, 6.07) is 10.4. The lowest BCUT2D eigenvalue weighted by Gasteiger charge is -2.00. The van der Waals surface area contributed by atoms with Gasteiger partial charge in [0.15, 0.2) is 11.6 Å². The molecule has 0 aliphatic heterocycles. The average Bonchev–Trinajstić information content (AvgIpc) is 2.86. The highest BCUT2D eigenvalue weighted by molar-refractivity contribution is 5.98. The first-order valence-corrected chi connectivity index (χ1v) is 6.79. The number of hydrogen-bond donors (Lipinski definition) is 0. The molecule has 2 aromatic heterocycles. The summed E-state index contributed by atoms with van der Waals surface area (Å²) >= 11 is 0. The van der Waals surface area contributed by atoms with Crippen LogP contribution in [0.5, 0.6) is 0 Å². The Balaban J connectivity index is 1.99. The Kier molecular flexibility index (Phi) is 3.48. The Morgan fingerprint density at radius 3 is 2.81 bits per heavy atom. The molecule has 0 saturated heterocycles. The zero-order valence-electron chi connectivity index (χ0n) is 11.6. The predicted molar refractivity (Wildman–Crippen MR) is 77.6 cm³/mol. The number of benzene rings is 1. The number of fused-ring (bicyclic) bond motifs is 1. The molecule has 4 nitrogen and oxygen atoms in total. The SMILES string of the molecule is CCn1nc(CC(=O)c2ncccc2F)c2ccccc21. The van der Waals surface area contributed by atoms with Gasteiger partial charge in [-0.3, -0.25) is 14.5 Å². The molecule has 2 heterocycles. The molecule has 5 heteroatoms. The summed E-state index contributed by atoms with van der Waals surface area (Å²) in [6.45, 7) is 2.70. The zero-order chi connectivity index (χ0) is 14.8. The first kappa shape index (κ1) is 13.4. The number of nitrogens with zero attached hydrogens (tertiary/aromatic N) is 3. The van der Waals surface area contributed by atoms with E-state index in [0.717, 1.165) is 10.9 Å². The van der Waals surface area contributed by atoms with Crippen molar-refractivity contribution in [1.29, 1.82) is 0 Å². The lowest BCUT2D eigenvalue weighted by atomic mass is 10.1. The van der Waals surface area contributed by atoms with Crippen LogP contribution in [0.25, 0.3) is 10.9 Å². The summed E-state index contributed by atoms with van der Waals surface area (Å²) in [5.74, 6) is -0.957. The fraction of sp³-hybridized carbons (Fsp3) is 0.188. The molecule has 106 valence electrons. The van der Waals surface area contributed by atoms with Crippen LogP contribution in [0.1, 0.15) is 23.1 Å². The van der Waals surface area contributed by atoms with E-state index in [1.54, 1.807) is 0 Å². The van der Waals surface area contributed by atoms with Gasteiger partial charge in [0, 0.05) is 18.1 Å². The van der Waals surface area contributed by atoms with Crippen LogP contribution in [-0.4, -0.2) is 20.5 Å². The molecule has 0 radical (unpaired) electrons. The summed E-state index contributed by atoms with van der Waals surface area (Å²) in [6.07, 6.45) is 1.46. The van der Waals surface area contributed by atoms with Gasteiger partial charge < -0.3 is 0 Å². The van der Waals surface area contributed by atoms with Crippen LogP contribution in [0.15, 0.2) is 42.6 Å². The van der Waals surface area contributed by atoms with E-state index in [1.165, 1.54) is 18.3 Å². The van der Waals surface area contributed by atoms with E-state index in [1.807, 2.05) is 35.9 Å². The van der Waals surface area contributed by atoms with Gasteiger partial charge in [-0.05, 0) is 25.1 Å². The van der Waals surface area contributed by atoms with E-state index < -0.39 is 5.82 Å². The van der Waals surface area contributed by atoms with Gasteiger partial charge in [-0.1, -0.05) is 18.2 Å². The van der Waals surface area contributed by atoms with Gasteiger partial charge in [-0.25, -0.2) is 4.39 Å². The van der Waals surface area contributed by atoms with E-state index in [4.69, 9.17) is 0 Å². The highest BCUT2D eigenvalue weighted by Gasteiger charge is 2.17. The van der Waals surface area contributed by atoms with Gasteiger partial charge in [0.2, 0.25) is 0 Å². The maximum absolute atomic E-state index is 13.6. The smallest absolute Gasteiger partial charge is 0.190 e. The van der Waals surface area contributed by atoms with Gasteiger partial charge in [0.1, 0.15) is 5.69 Å². The highest BCUT2D eigenvalue weighted by Crippen LogP contribution is 2.20. The van der Waals surface area contributed by atoms with Crippen molar-refractivity contribution in [2.75, 3.05) is 0 Å². The van der Waals surface area contributed by atoms with E-state index in [0.29, 0.717) is 12.2 Å². The number of aromatic nitrogens is 3. The maximum Gasteiger partial charge on any atom is 0.190 e. The first-order chi connectivity index (χ1) is 10.2. The molecule has 3 aromatic rings. The standard InChI is InChI=1S/C16H14FN3O/c1-2-20-14-8-4-3-6-11(14)13(19-20)10-15(21)16-12(17)7-5-9-18-16/h3-9H,2,10H2,1H3. The Morgan fingerprint density at radius 2 is 2.05 bits per heavy atom. The van der Waals surface area contributed by atoms with Crippen molar-refractivity contribution in [3.05, 3.63) is 59.8 Å². The van der Waals surface area contributed by atoms with Crippen LogP contribution in [0.4, 0.5) is 4.39 Å². The van der Waals surface area contributed by atoms with Gasteiger partial charge in [0.25, 0.3) is 0 Å². The third kappa shape index (κ3) is 2.42. The normalized spacial score (nSPS) is 11.0. The molecule has 0 aliphatic carbocycles. The molecule has 3 rings (SSSR count). The van der Waals surface area contributed by atoms with E-state index in [2.05, 4.69) is 10.1 Å². The van der Waals surface area contributed by atoms with Crippen molar-refractivity contribution in [3.63, 3.8) is 0 Å². The monoisotopic (exact) mass is 283 g/mol. The maximum atomic E-state index is 13.6. The molecule has 1 aromatic carbocycles. The van der Waals surface area contributed by atoms with E-state index in [9.17, 15) is 9.18 Å². The topological polar surface area (TPSA) is 47.8 Å². The van der Waals surface area contributed by atoms with Gasteiger partial charge in [-0.15, -0.1) is 0 Å². The Bertz CT molecular complexity index is 810. The number of para-hydroxylation sites is 1. The van der Waals surface area contributed by atoms with Crippen molar-refractivity contribution in [2.45, 2.75) is 19.9 Å². The second-order valence-electron chi connectivity index (χ2n) is 4.71. The van der Waals surface area contributed by atoms with Crippen LogP contribution < -0.4 is 0 Å². The molecule has 0 bridgehead atoms. The second-order valence-corrected chi connectivity index (χ2v) is 4.71. The molecule has 0 atom stereocenters. The summed E-state index contributed by atoms with van der Waals surface area (Å²) < 4.78 is 15.5. The van der Waals surface area contributed by atoms with Crippen LogP contribution in [0, 0.1) is 5.82 Å². The molecule has 0 spiro atoms. The van der Waals surface area contributed by atoms with Crippen LogP contribution in [0.3, 0.4) is 0 Å². The molecule has 0 amide bonds. The third-order valence-corrected chi connectivity index (χ3v) is 3.38. The fourth-order valence-electron chi connectivity index (χ4n) is 2.39. The summed E-state index contributed by atoms with van der Waals surface area (Å²) in [4.78, 5) is 16.0. The summed E-state index contributed by atoms with van der Waals surface area (Å²) in [7, 11) is 0. The molecule has 0 fully saturated rings. The second kappa shape index (κ2) is 5.44. The number of pyridine rings is 1. The quantitative estimate of drug-likeness (QED) is 0.691. The van der Waals surface area contributed by atoms with Crippen molar-refractivity contribution in [3.8, 4) is 0 Å². The van der Waals surface area contributed by atoms with Crippen molar-refractivity contribution in [2.24, 2.45) is 0 Å². The third-order valence-electron chi connectivity index (χ3n) is 3.38. The number of hydrogen-bond acceptors (Lipinski definition) is 3. The number of rotatable bonds is 4. The minimum atomic E-state index is -0.596. The zero-order valence-corrected chi connectivity index (χ0v) is 11.6. The molecule has 0 saturated carbocycles. The molecular formula is C16H14FN3O. The van der Waals surface area contributed by atoms with Crippen molar-refractivity contribution < 1.29 is 9.18 Å². The molecule has 0 unspecified atom stereocenters. The first-order valence-electron chi connectivity index (χ1n) is 6.79. The lowest BCUT2D eigenvalue weighted by Crippen LogP contribution is -2.09. The Labute approximate surface area is 121 Å². The van der Waals surface area contributed by atoms with Crippen molar-refractivity contribution >= 4 is 16.7 Å². The summed E-state index contributed by atoms with van der Waals surface area (Å²) in [5.41, 5.74) is 1.50. The number of ketones is 1. The molecule has 0 aliphatic rings. The van der Waals surface area contributed by atoms with Gasteiger partial charge >= 0.3 is 0 Å². The summed E-state index contributed by atoms with van der Waals surface area (Å²) in [5, 5.41) is 5.37. The Hall–Kier alpha value is -2.56. The minimum absolute atomic E-state index is 0.0431. The molecular weight excluding hydrogens is 269 g/mol. The van der Waals surface area contributed by atoms with Crippen LogP contribution in [0.2, 0.25) is 0 Å². The number of halogens is 1. The fourth-order valence-corrected chi connectivity index (χ4v) is 2.39. The Morgan fingerprint density at radius 1 is 1.24 bits per heavy atom. The average molecular weight is 283 g/mol. The minimum Gasteiger partial charge on any atom is -0.292 e. The number of carbonyl (C=O) groups is 1. The highest BCUT2D eigenvalue weighted by atomic mass is 19.1. The molecule has 0 N–H and O–H groups in total. The van der Waals surface area contributed by atoms with Crippen molar-refractivity contribution in [1.82, 2.24) is 14.8 Å². The van der Waals surface area contributed by atoms with Crippen LogP contribution in [-0.2, 0) is 13.0 Å². The molecule has 21 heavy (non-hydrogen) atoms. The number of Topliss-reactive ketones (excluding diaryl/α,β-unsaturated/α-hetero) is 1.